The second kappa shape index (κ2) is 6.33. The Kier molecular flexibility index (Phi) is 5.39. The molecule has 0 unspecified atom stereocenters. The van der Waals surface area contributed by atoms with Gasteiger partial charge in [0.05, 0.1) is 0 Å². The third-order valence-electron chi connectivity index (χ3n) is 2.40. The van der Waals surface area contributed by atoms with Crippen molar-refractivity contribution in [2.45, 2.75) is 19.3 Å². The lowest BCUT2D eigenvalue weighted by molar-refractivity contribution is -0.128. The van der Waals surface area contributed by atoms with E-state index in [4.69, 9.17) is 12.2 Å². The first kappa shape index (κ1) is 12.8. The topological polar surface area (TPSA) is 23.6 Å². The van der Waals surface area contributed by atoms with Gasteiger partial charge in [-0.05, 0) is 12.8 Å². The van der Waals surface area contributed by atoms with Gasteiger partial charge in [-0.1, -0.05) is 24.0 Å². The van der Waals surface area contributed by atoms with E-state index in [-0.39, 0.29) is 5.91 Å². The molecular weight excluding hydrogens is 228 g/mol. The number of nitrogens with zero attached hydrogens (tertiary/aromatic N) is 2. The lowest BCUT2D eigenvalue weighted by Crippen LogP contribution is -2.25. The fourth-order valence-electron chi connectivity index (χ4n) is 1.44. The van der Waals surface area contributed by atoms with Gasteiger partial charge in [-0.2, -0.15) is 0 Å². The third kappa shape index (κ3) is 4.38. The molecule has 1 aliphatic heterocycles. The number of thioether (sulfide) groups is 1. The van der Waals surface area contributed by atoms with E-state index in [1.807, 2.05) is 0 Å². The number of hydrogen-bond donors (Lipinski definition) is 0. The van der Waals surface area contributed by atoms with E-state index in [0.717, 1.165) is 23.2 Å². The fraction of sp³-hybridized carbons (Fsp3) is 0.800. The molecule has 0 aliphatic carbocycles. The molecule has 1 fully saturated rings. The molecule has 0 bridgehead atoms. The summed E-state index contributed by atoms with van der Waals surface area (Å²) in [4.78, 5) is 15.2. The van der Waals surface area contributed by atoms with Crippen LogP contribution in [0.1, 0.15) is 19.3 Å². The largest absolute Gasteiger partial charge is 0.358 e. The summed E-state index contributed by atoms with van der Waals surface area (Å²) in [6.07, 6.45) is 3.07. The van der Waals surface area contributed by atoms with Gasteiger partial charge in [0.25, 0.3) is 0 Å². The average molecular weight is 246 g/mol. The highest BCUT2D eigenvalue weighted by Crippen LogP contribution is 2.16. The van der Waals surface area contributed by atoms with Crippen molar-refractivity contribution in [3.63, 3.8) is 0 Å². The Morgan fingerprint density at radius 1 is 1.40 bits per heavy atom. The molecule has 0 saturated carbocycles. The van der Waals surface area contributed by atoms with E-state index < -0.39 is 0 Å². The quantitative estimate of drug-likeness (QED) is 0.706. The molecule has 1 rings (SSSR count). The Hall–Kier alpha value is -0.290. The molecular formula is C10H18N2OS2. The normalized spacial score (nSPS) is 15.5. The van der Waals surface area contributed by atoms with Crippen molar-refractivity contribution < 1.29 is 4.79 Å². The standard InChI is InChI=1S/C10H18N2OS2/c1-11(2)9(13)5-8-15-10(14)12-6-3-4-7-12/h3-8H2,1-2H3. The minimum absolute atomic E-state index is 0.173. The minimum Gasteiger partial charge on any atom is -0.358 e. The summed E-state index contributed by atoms with van der Waals surface area (Å²) in [5.41, 5.74) is 0. The Morgan fingerprint density at radius 2 is 2.00 bits per heavy atom. The van der Waals surface area contributed by atoms with Crippen molar-refractivity contribution in [2.24, 2.45) is 0 Å². The van der Waals surface area contributed by atoms with Crippen LogP contribution in [0.5, 0.6) is 0 Å². The first-order valence-electron chi connectivity index (χ1n) is 5.23. The maximum Gasteiger partial charge on any atom is 0.222 e. The summed E-state index contributed by atoms with van der Waals surface area (Å²) < 4.78 is 0.957. The van der Waals surface area contributed by atoms with E-state index in [1.165, 1.54) is 12.8 Å². The van der Waals surface area contributed by atoms with Crippen LogP contribution in [0.4, 0.5) is 0 Å². The Bertz CT molecular complexity index is 238. The van der Waals surface area contributed by atoms with Crippen LogP contribution >= 0.6 is 24.0 Å². The Balaban J connectivity index is 2.14. The van der Waals surface area contributed by atoms with E-state index in [9.17, 15) is 4.79 Å². The number of carbonyl (C=O) groups is 1. The predicted octanol–water partition coefficient (Wildman–Crippen LogP) is 1.58. The molecule has 0 N–H and O–H groups in total. The van der Waals surface area contributed by atoms with Gasteiger partial charge in [-0.3, -0.25) is 4.79 Å². The number of amides is 1. The Labute approximate surface area is 101 Å². The lowest BCUT2D eigenvalue weighted by Gasteiger charge is -2.17. The molecule has 1 aliphatic rings. The average Bonchev–Trinajstić information content (AvgIpc) is 2.70. The first-order valence-corrected chi connectivity index (χ1v) is 6.62. The van der Waals surface area contributed by atoms with Crippen LogP contribution in [0.3, 0.4) is 0 Å². The van der Waals surface area contributed by atoms with Crippen LogP contribution < -0.4 is 0 Å². The second-order valence-electron chi connectivity index (χ2n) is 3.85. The summed E-state index contributed by atoms with van der Waals surface area (Å²) in [5.74, 6) is 0.971. The predicted molar refractivity (Wildman–Crippen MR) is 69.2 cm³/mol. The van der Waals surface area contributed by atoms with Crippen molar-refractivity contribution in [3.05, 3.63) is 0 Å². The van der Waals surface area contributed by atoms with Gasteiger partial charge in [0.2, 0.25) is 5.91 Å². The molecule has 1 amide bonds. The molecule has 1 saturated heterocycles. The zero-order valence-corrected chi connectivity index (χ0v) is 11.0. The third-order valence-corrected chi connectivity index (χ3v) is 3.93. The van der Waals surface area contributed by atoms with Crippen LogP contribution in [0, 0.1) is 0 Å². The molecule has 5 heteroatoms. The number of thiocarbonyl (C=S) groups is 1. The number of hydrogen-bond acceptors (Lipinski definition) is 3. The highest BCUT2D eigenvalue weighted by atomic mass is 32.2. The van der Waals surface area contributed by atoms with Crippen molar-refractivity contribution in [1.82, 2.24) is 9.80 Å². The maximum atomic E-state index is 11.3. The van der Waals surface area contributed by atoms with E-state index in [1.54, 1.807) is 30.8 Å². The molecule has 86 valence electrons. The zero-order chi connectivity index (χ0) is 11.3. The summed E-state index contributed by atoms with van der Waals surface area (Å²) in [6.45, 7) is 2.18. The monoisotopic (exact) mass is 246 g/mol. The van der Waals surface area contributed by atoms with Crippen LogP contribution in [-0.2, 0) is 4.79 Å². The van der Waals surface area contributed by atoms with Crippen molar-refractivity contribution in [3.8, 4) is 0 Å². The lowest BCUT2D eigenvalue weighted by atomic mass is 10.4. The highest BCUT2D eigenvalue weighted by molar-refractivity contribution is 8.22. The minimum atomic E-state index is 0.173. The number of rotatable bonds is 3. The van der Waals surface area contributed by atoms with E-state index in [0.29, 0.717) is 6.42 Å². The van der Waals surface area contributed by atoms with Gasteiger partial charge in [0, 0.05) is 39.4 Å². The second-order valence-corrected chi connectivity index (χ2v) is 5.58. The van der Waals surface area contributed by atoms with Crippen LogP contribution in [-0.4, -0.2) is 53.0 Å². The van der Waals surface area contributed by atoms with Gasteiger partial charge < -0.3 is 9.80 Å². The van der Waals surface area contributed by atoms with Gasteiger partial charge in [0.15, 0.2) is 0 Å². The van der Waals surface area contributed by atoms with Crippen LogP contribution in [0.2, 0.25) is 0 Å². The Morgan fingerprint density at radius 3 is 2.53 bits per heavy atom. The van der Waals surface area contributed by atoms with Gasteiger partial charge >= 0.3 is 0 Å². The maximum absolute atomic E-state index is 11.3. The molecule has 0 aromatic rings. The molecule has 0 atom stereocenters. The van der Waals surface area contributed by atoms with Crippen molar-refractivity contribution in [1.29, 1.82) is 0 Å². The highest BCUT2D eigenvalue weighted by Gasteiger charge is 2.15. The van der Waals surface area contributed by atoms with E-state index in [2.05, 4.69) is 4.90 Å². The van der Waals surface area contributed by atoms with E-state index >= 15 is 0 Å². The van der Waals surface area contributed by atoms with Crippen LogP contribution in [0.25, 0.3) is 0 Å². The van der Waals surface area contributed by atoms with Gasteiger partial charge in [-0.15, -0.1) is 0 Å². The number of carbonyl (C=O) groups excluding carboxylic acids is 1. The summed E-state index contributed by atoms with van der Waals surface area (Å²) >= 11 is 6.92. The first-order chi connectivity index (χ1) is 7.11. The molecule has 15 heavy (non-hydrogen) atoms. The summed E-state index contributed by atoms with van der Waals surface area (Å²) in [5, 5.41) is 0. The molecule has 0 radical (unpaired) electrons. The smallest absolute Gasteiger partial charge is 0.222 e. The number of likely N-dealkylation sites (tertiary alicyclic amines) is 1. The fourth-order valence-corrected chi connectivity index (χ4v) is 2.69. The molecule has 3 nitrogen and oxygen atoms in total. The van der Waals surface area contributed by atoms with Crippen molar-refractivity contribution in [2.75, 3.05) is 32.9 Å². The zero-order valence-electron chi connectivity index (χ0n) is 9.36. The molecule has 0 aromatic carbocycles. The van der Waals surface area contributed by atoms with Crippen LogP contribution in [0.15, 0.2) is 0 Å². The van der Waals surface area contributed by atoms with Gasteiger partial charge in [0.1, 0.15) is 4.32 Å². The molecule has 0 spiro atoms. The summed E-state index contributed by atoms with van der Waals surface area (Å²) in [6, 6.07) is 0. The SMILES string of the molecule is CN(C)C(=O)CCSC(=S)N1CCCC1. The summed E-state index contributed by atoms with van der Waals surface area (Å²) in [7, 11) is 3.57. The molecule has 0 aromatic heterocycles. The van der Waals surface area contributed by atoms with Gasteiger partial charge in [-0.25, -0.2) is 0 Å². The van der Waals surface area contributed by atoms with Crippen molar-refractivity contribution >= 4 is 34.2 Å². The molecule has 1 heterocycles.